The lowest BCUT2D eigenvalue weighted by atomic mass is 10.1. The Morgan fingerprint density at radius 3 is 2.48 bits per heavy atom. The smallest absolute Gasteiger partial charge is 0.254 e. The normalized spacial score (nSPS) is 13.8. The minimum absolute atomic E-state index is 0.0644. The van der Waals surface area contributed by atoms with E-state index in [1.807, 2.05) is 20.8 Å². The predicted octanol–water partition coefficient (Wildman–Crippen LogP) is 3.72. The maximum atomic E-state index is 13.2. The highest BCUT2D eigenvalue weighted by Crippen LogP contribution is 2.28. The van der Waals surface area contributed by atoms with E-state index in [1.165, 1.54) is 39.0 Å². The van der Waals surface area contributed by atoms with E-state index in [0.29, 0.717) is 22.8 Å². The van der Waals surface area contributed by atoms with Crippen LogP contribution in [0.5, 0.6) is 0 Å². The summed E-state index contributed by atoms with van der Waals surface area (Å²) < 4.78 is 13.2. The molecular weight excluding hydrogens is 421 g/mol. The van der Waals surface area contributed by atoms with E-state index in [-0.39, 0.29) is 43.4 Å². The van der Waals surface area contributed by atoms with Gasteiger partial charge in [-0.25, -0.2) is 4.39 Å². The van der Waals surface area contributed by atoms with Crippen LogP contribution in [0.3, 0.4) is 0 Å². The highest BCUT2D eigenvalue weighted by Gasteiger charge is 2.34. The second kappa shape index (κ2) is 9.47. The van der Waals surface area contributed by atoms with E-state index in [0.717, 1.165) is 5.56 Å². The molecule has 0 aliphatic carbocycles. The molecular formula is C23H25ClFN3O3. The molecule has 0 bridgehead atoms. The molecule has 0 N–H and O–H groups in total. The van der Waals surface area contributed by atoms with Gasteiger partial charge in [0.15, 0.2) is 0 Å². The zero-order valence-electron chi connectivity index (χ0n) is 17.8. The van der Waals surface area contributed by atoms with Gasteiger partial charge in [-0.3, -0.25) is 19.3 Å². The van der Waals surface area contributed by atoms with E-state index < -0.39 is 5.82 Å². The van der Waals surface area contributed by atoms with Crippen molar-refractivity contribution in [3.63, 3.8) is 0 Å². The molecule has 1 saturated heterocycles. The Kier molecular flexibility index (Phi) is 6.95. The standard InChI is InChI=1S/C23H25ClFN3O3/c1-15(2)11-26(23(31)17-7-9-18(25)10-8-17)12-21(29)27-13-22(30)28(14-27)20-6-4-5-19(24)16(20)3/h4-10,15H,11-14H2,1-3H3. The first-order chi connectivity index (χ1) is 14.7. The van der Waals surface area contributed by atoms with Crippen LogP contribution < -0.4 is 4.90 Å². The van der Waals surface area contributed by atoms with Gasteiger partial charge in [-0.1, -0.05) is 31.5 Å². The number of benzene rings is 2. The van der Waals surface area contributed by atoms with Crippen molar-refractivity contribution < 1.29 is 18.8 Å². The third-order valence-electron chi connectivity index (χ3n) is 5.11. The number of carbonyl (C=O) groups excluding carboxylic acids is 3. The van der Waals surface area contributed by atoms with Gasteiger partial charge in [0.25, 0.3) is 5.91 Å². The van der Waals surface area contributed by atoms with Gasteiger partial charge >= 0.3 is 0 Å². The van der Waals surface area contributed by atoms with Gasteiger partial charge in [-0.15, -0.1) is 0 Å². The van der Waals surface area contributed by atoms with Crippen LogP contribution in [0, 0.1) is 18.7 Å². The number of hydrogen-bond donors (Lipinski definition) is 0. The zero-order chi connectivity index (χ0) is 22.7. The highest BCUT2D eigenvalue weighted by molar-refractivity contribution is 6.31. The third-order valence-corrected chi connectivity index (χ3v) is 5.52. The first kappa shape index (κ1) is 22.7. The molecule has 2 aromatic carbocycles. The lowest BCUT2D eigenvalue weighted by molar-refractivity contribution is -0.132. The molecule has 1 fully saturated rings. The Labute approximate surface area is 186 Å². The first-order valence-corrected chi connectivity index (χ1v) is 10.4. The quantitative estimate of drug-likeness (QED) is 0.680. The fourth-order valence-electron chi connectivity index (χ4n) is 3.51. The molecule has 0 radical (unpaired) electrons. The molecule has 164 valence electrons. The fraction of sp³-hybridized carbons (Fsp3) is 0.348. The van der Waals surface area contributed by atoms with Crippen LogP contribution in [-0.2, 0) is 9.59 Å². The van der Waals surface area contributed by atoms with E-state index in [1.54, 1.807) is 18.2 Å². The molecule has 2 aromatic rings. The van der Waals surface area contributed by atoms with E-state index in [9.17, 15) is 18.8 Å². The van der Waals surface area contributed by atoms with Crippen LogP contribution in [0.2, 0.25) is 5.02 Å². The van der Waals surface area contributed by atoms with Crippen molar-refractivity contribution in [1.82, 2.24) is 9.80 Å². The Morgan fingerprint density at radius 2 is 1.84 bits per heavy atom. The zero-order valence-corrected chi connectivity index (χ0v) is 18.5. The van der Waals surface area contributed by atoms with Crippen LogP contribution in [0.15, 0.2) is 42.5 Å². The summed E-state index contributed by atoms with van der Waals surface area (Å²) in [6, 6.07) is 10.5. The van der Waals surface area contributed by atoms with Crippen molar-refractivity contribution in [3.8, 4) is 0 Å². The fourth-order valence-corrected chi connectivity index (χ4v) is 3.68. The van der Waals surface area contributed by atoms with Gasteiger partial charge in [0, 0.05) is 22.8 Å². The van der Waals surface area contributed by atoms with Crippen molar-refractivity contribution in [2.24, 2.45) is 5.92 Å². The molecule has 8 heteroatoms. The summed E-state index contributed by atoms with van der Waals surface area (Å²) in [6.07, 6.45) is 0. The Bertz CT molecular complexity index is 994. The van der Waals surface area contributed by atoms with Gasteiger partial charge in [-0.05, 0) is 54.8 Å². The van der Waals surface area contributed by atoms with Crippen LogP contribution in [0.1, 0.15) is 29.8 Å². The van der Waals surface area contributed by atoms with Crippen LogP contribution in [0.4, 0.5) is 10.1 Å². The highest BCUT2D eigenvalue weighted by atomic mass is 35.5. The molecule has 1 heterocycles. The van der Waals surface area contributed by atoms with E-state index >= 15 is 0 Å². The molecule has 0 aromatic heterocycles. The molecule has 0 unspecified atom stereocenters. The van der Waals surface area contributed by atoms with Crippen LogP contribution >= 0.6 is 11.6 Å². The molecule has 31 heavy (non-hydrogen) atoms. The molecule has 0 saturated carbocycles. The van der Waals surface area contributed by atoms with Gasteiger partial charge in [0.2, 0.25) is 11.8 Å². The topological polar surface area (TPSA) is 60.9 Å². The van der Waals surface area contributed by atoms with Gasteiger partial charge in [0.1, 0.15) is 25.6 Å². The van der Waals surface area contributed by atoms with Crippen molar-refractivity contribution in [3.05, 3.63) is 64.4 Å². The average molecular weight is 446 g/mol. The number of hydrogen-bond acceptors (Lipinski definition) is 3. The van der Waals surface area contributed by atoms with Crippen LogP contribution in [0.25, 0.3) is 0 Å². The Hall–Kier alpha value is -2.93. The lowest BCUT2D eigenvalue weighted by Gasteiger charge is -2.26. The number of rotatable bonds is 6. The second-order valence-electron chi connectivity index (χ2n) is 8.03. The maximum Gasteiger partial charge on any atom is 0.254 e. The second-order valence-corrected chi connectivity index (χ2v) is 8.43. The molecule has 1 aliphatic rings. The predicted molar refractivity (Wildman–Crippen MR) is 117 cm³/mol. The maximum absolute atomic E-state index is 13.2. The average Bonchev–Trinajstić information content (AvgIpc) is 3.11. The number of halogens is 2. The summed E-state index contributed by atoms with van der Waals surface area (Å²) in [5, 5.41) is 0.545. The number of nitrogens with zero attached hydrogens (tertiary/aromatic N) is 3. The van der Waals surface area contributed by atoms with Crippen molar-refractivity contribution in [2.45, 2.75) is 20.8 Å². The van der Waals surface area contributed by atoms with Gasteiger partial charge in [-0.2, -0.15) is 0 Å². The summed E-state index contributed by atoms with van der Waals surface area (Å²) in [7, 11) is 0. The molecule has 6 nitrogen and oxygen atoms in total. The lowest BCUT2D eigenvalue weighted by Crippen LogP contribution is -2.44. The number of anilines is 1. The molecule has 1 aliphatic heterocycles. The summed E-state index contributed by atoms with van der Waals surface area (Å²) >= 11 is 6.17. The summed E-state index contributed by atoms with van der Waals surface area (Å²) in [5.74, 6) is -1.20. The van der Waals surface area contributed by atoms with Crippen LogP contribution in [-0.4, -0.2) is 53.8 Å². The van der Waals surface area contributed by atoms with Crippen molar-refractivity contribution >= 4 is 35.0 Å². The third kappa shape index (κ3) is 5.22. The van der Waals surface area contributed by atoms with Crippen molar-refractivity contribution in [2.75, 3.05) is 31.2 Å². The number of amides is 3. The molecule has 0 atom stereocenters. The Morgan fingerprint density at radius 1 is 1.16 bits per heavy atom. The first-order valence-electron chi connectivity index (χ1n) is 10.1. The number of carbonyl (C=O) groups is 3. The summed E-state index contributed by atoms with van der Waals surface area (Å²) in [4.78, 5) is 42.8. The molecule has 0 spiro atoms. The molecule has 3 amide bonds. The SMILES string of the molecule is Cc1c(Cl)cccc1N1CN(C(=O)CN(CC(C)C)C(=O)c2ccc(F)cc2)CC1=O. The van der Waals surface area contributed by atoms with Gasteiger partial charge in [0.05, 0.1) is 0 Å². The summed E-state index contributed by atoms with van der Waals surface area (Å²) in [6.45, 7) is 5.94. The van der Waals surface area contributed by atoms with Crippen molar-refractivity contribution in [1.29, 1.82) is 0 Å². The minimum atomic E-state index is -0.435. The minimum Gasteiger partial charge on any atom is -0.329 e. The molecule has 3 rings (SSSR count). The van der Waals surface area contributed by atoms with E-state index in [4.69, 9.17) is 11.6 Å². The Balaban J connectivity index is 1.74. The largest absolute Gasteiger partial charge is 0.329 e. The van der Waals surface area contributed by atoms with E-state index in [2.05, 4.69) is 0 Å². The van der Waals surface area contributed by atoms with Gasteiger partial charge < -0.3 is 9.80 Å². The summed E-state index contributed by atoms with van der Waals surface area (Å²) in [5.41, 5.74) is 1.73. The monoisotopic (exact) mass is 445 g/mol.